The molecule has 0 bridgehead atoms. The quantitative estimate of drug-likeness (QED) is 0.745. The van der Waals surface area contributed by atoms with Gasteiger partial charge in [0.1, 0.15) is 5.75 Å². The lowest BCUT2D eigenvalue weighted by Gasteiger charge is -2.36. The van der Waals surface area contributed by atoms with Gasteiger partial charge < -0.3 is 14.5 Å². The molecule has 2 amide bonds. The number of benzene rings is 1. The SMILES string of the molecule is CCC(CC)C(=O)N1CCN(C(=O)COc2ccc(C)cc2C(C)(C)C)CC1. The average Bonchev–Trinajstić information content (AvgIpc) is 2.67. The van der Waals surface area contributed by atoms with Gasteiger partial charge in [0.15, 0.2) is 6.61 Å². The van der Waals surface area contributed by atoms with Crippen molar-refractivity contribution in [2.45, 2.75) is 59.8 Å². The lowest BCUT2D eigenvalue weighted by atomic mass is 9.85. The summed E-state index contributed by atoms with van der Waals surface area (Å²) in [6.07, 6.45) is 1.74. The van der Waals surface area contributed by atoms with Crippen LogP contribution in [0.3, 0.4) is 0 Å². The van der Waals surface area contributed by atoms with Gasteiger partial charge >= 0.3 is 0 Å². The molecule has 0 saturated carbocycles. The van der Waals surface area contributed by atoms with Crippen LogP contribution in [0.25, 0.3) is 0 Å². The minimum absolute atomic E-state index is 0.0185. The van der Waals surface area contributed by atoms with Gasteiger partial charge in [0.05, 0.1) is 0 Å². The van der Waals surface area contributed by atoms with E-state index in [4.69, 9.17) is 4.74 Å². The number of amides is 2. The van der Waals surface area contributed by atoms with E-state index < -0.39 is 0 Å². The third kappa shape index (κ3) is 5.49. The van der Waals surface area contributed by atoms with Crippen molar-refractivity contribution in [3.05, 3.63) is 29.3 Å². The van der Waals surface area contributed by atoms with Crippen molar-refractivity contribution >= 4 is 11.8 Å². The van der Waals surface area contributed by atoms with Crippen molar-refractivity contribution in [1.29, 1.82) is 0 Å². The molecule has 0 spiro atoms. The van der Waals surface area contributed by atoms with Gasteiger partial charge in [-0.25, -0.2) is 0 Å². The molecule has 1 aromatic carbocycles. The summed E-state index contributed by atoms with van der Waals surface area (Å²) in [4.78, 5) is 28.8. The number of rotatable bonds is 6. The van der Waals surface area contributed by atoms with Crippen LogP contribution in [0.15, 0.2) is 18.2 Å². The van der Waals surface area contributed by atoms with Crippen molar-refractivity contribution in [1.82, 2.24) is 9.80 Å². The number of piperazine rings is 1. The molecule has 0 atom stereocenters. The van der Waals surface area contributed by atoms with Crippen LogP contribution in [-0.2, 0) is 15.0 Å². The Kier molecular flexibility index (Phi) is 7.50. The first-order valence-electron chi connectivity index (χ1n) is 10.5. The van der Waals surface area contributed by atoms with Crippen LogP contribution in [0, 0.1) is 12.8 Å². The monoisotopic (exact) mass is 388 g/mol. The van der Waals surface area contributed by atoms with Gasteiger partial charge in [0, 0.05) is 32.1 Å². The molecule has 28 heavy (non-hydrogen) atoms. The van der Waals surface area contributed by atoms with E-state index in [2.05, 4.69) is 47.6 Å². The molecule has 0 N–H and O–H groups in total. The molecule has 1 saturated heterocycles. The maximum atomic E-state index is 12.6. The summed E-state index contributed by atoms with van der Waals surface area (Å²) in [7, 11) is 0. The third-order valence-electron chi connectivity index (χ3n) is 5.57. The Bertz CT molecular complexity index is 682. The van der Waals surface area contributed by atoms with Gasteiger partial charge in [0.25, 0.3) is 5.91 Å². The predicted octanol–water partition coefficient (Wildman–Crippen LogP) is 3.78. The Hall–Kier alpha value is -2.04. The van der Waals surface area contributed by atoms with E-state index in [0.717, 1.165) is 24.2 Å². The van der Waals surface area contributed by atoms with E-state index >= 15 is 0 Å². The highest BCUT2D eigenvalue weighted by Gasteiger charge is 2.28. The van der Waals surface area contributed by atoms with Crippen molar-refractivity contribution in [2.24, 2.45) is 5.92 Å². The summed E-state index contributed by atoms with van der Waals surface area (Å²) in [6.45, 7) is 15.0. The molecular formula is C23H36N2O3. The zero-order valence-corrected chi connectivity index (χ0v) is 18.4. The Morgan fingerprint density at radius 2 is 1.61 bits per heavy atom. The van der Waals surface area contributed by atoms with Crippen LogP contribution < -0.4 is 4.74 Å². The van der Waals surface area contributed by atoms with Crippen LogP contribution in [-0.4, -0.2) is 54.4 Å². The third-order valence-corrected chi connectivity index (χ3v) is 5.57. The molecule has 1 heterocycles. The molecule has 5 nitrogen and oxygen atoms in total. The van der Waals surface area contributed by atoms with E-state index in [1.807, 2.05) is 21.9 Å². The maximum Gasteiger partial charge on any atom is 0.260 e. The summed E-state index contributed by atoms with van der Waals surface area (Å²) in [5.41, 5.74) is 2.24. The lowest BCUT2D eigenvalue weighted by Crippen LogP contribution is -2.52. The molecule has 156 valence electrons. The second-order valence-electron chi connectivity index (χ2n) is 8.76. The van der Waals surface area contributed by atoms with Crippen molar-refractivity contribution < 1.29 is 14.3 Å². The molecule has 1 fully saturated rings. The Labute approximate surface area is 170 Å². The highest BCUT2D eigenvalue weighted by Crippen LogP contribution is 2.32. The van der Waals surface area contributed by atoms with Gasteiger partial charge in [-0.2, -0.15) is 0 Å². The summed E-state index contributed by atoms with van der Waals surface area (Å²) < 4.78 is 5.91. The van der Waals surface area contributed by atoms with E-state index in [1.54, 1.807) is 0 Å². The molecule has 0 radical (unpaired) electrons. The van der Waals surface area contributed by atoms with Crippen molar-refractivity contribution in [3.8, 4) is 5.75 Å². The van der Waals surface area contributed by atoms with Crippen LogP contribution in [0.4, 0.5) is 0 Å². The number of nitrogens with zero attached hydrogens (tertiary/aromatic N) is 2. The highest BCUT2D eigenvalue weighted by atomic mass is 16.5. The minimum atomic E-state index is -0.0501. The van der Waals surface area contributed by atoms with Gasteiger partial charge in [-0.1, -0.05) is 52.3 Å². The van der Waals surface area contributed by atoms with Gasteiger partial charge in [-0.3, -0.25) is 9.59 Å². The molecular weight excluding hydrogens is 352 g/mol. The molecule has 0 aromatic heterocycles. The molecule has 0 aliphatic carbocycles. The molecule has 1 aromatic rings. The largest absolute Gasteiger partial charge is 0.483 e. The molecule has 5 heteroatoms. The van der Waals surface area contributed by atoms with Crippen LogP contribution in [0.5, 0.6) is 5.75 Å². The van der Waals surface area contributed by atoms with Crippen molar-refractivity contribution in [3.63, 3.8) is 0 Å². The minimum Gasteiger partial charge on any atom is -0.483 e. The topological polar surface area (TPSA) is 49.9 Å². The van der Waals surface area contributed by atoms with Crippen LogP contribution in [0.2, 0.25) is 0 Å². The summed E-state index contributed by atoms with van der Waals surface area (Å²) >= 11 is 0. The van der Waals surface area contributed by atoms with Gasteiger partial charge in [-0.05, 0) is 36.8 Å². The average molecular weight is 389 g/mol. The smallest absolute Gasteiger partial charge is 0.260 e. The fraction of sp³-hybridized carbons (Fsp3) is 0.652. The molecule has 1 aliphatic rings. The fourth-order valence-corrected chi connectivity index (χ4v) is 3.66. The number of hydrogen-bond donors (Lipinski definition) is 0. The first-order valence-corrected chi connectivity index (χ1v) is 10.5. The zero-order chi connectivity index (χ0) is 20.9. The lowest BCUT2D eigenvalue weighted by molar-refractivity contribution is -0.143. The molecule has 2 rings (SSSR count). The number of hydrogen-bond acceptors (Lipinski definition) is 3. The second-order valence-corrected chi connectivity index (χ2v) is 8.76. The number of carbonyl (C=O) groups excluding carboxylic acids is 2. The number of carbonyl (C=O) groups is 2. The van der Waals surface area contributed by atoms with E-state index in [-0.39, 0.29) is 29.8 Å². The first-order chi connectivity index (χ1) is 13.2. The zero-order valence-electron chi connectivity index (χ0n) is 18.4. The number of aryl methyl sites for hydroxylation is 1. The van der Waals surface area contributed by atoms with E-state index in [1.165, 1.54) is 5.56 Å². The second kappa shape index (κ2) is 9.44. The molecule has 1 aliphatic heterocycles. The van der Waals surface area contributed by atoms with Gasteiger partial charge in [-0.15, -0.1) is 0 Å². The fourth-order valence-electron chi connectivity index (χ4n) is 3.66. The summed E-state index contributed by atoms with van der Waals surface area (Å²) in [5, 5.41) is 0. The maximum absolute atomic E-state index is 12.6. The highest BCUT2D eigenvalue weighted by molar-refractivity contribution is 5.80. The standard InChI is InChI=1S/C23H36N2O3/c1-7-18(8-2)22(27)25-13-11-24(12-14-25)21(26)16-28-20-10-9-17(3)15-19(20)23(4,5)6/h9-10,15,18H,7-8,11-14,16H2,1-6H3. The van der Waals surface area contributed by atoms with Crippen LogP contribution >= 0.6 is 0 Å². The van der Waals surface area contributed by atoms with E-state index in [9.17, 15) is 9.59 Å². The van der Waals surface area contributed by atoms with Crippen LogP contribution in [0.1, 0.15) is 58.6 Å². The Morgan fingerprint density at radius 3 is 2.14 bits per heavy atom. The Balaban J connectivity index is 1.91. The number of ether oxygens (including phenoxy) is 1. The summed E-state index contributed by atoms with van der Waals surface area (Å²) in [5.74, 6) is 1.08. The molecule has 0 unspecified atom stereocenters. The summed E-state index contributed by atoms with van der Waals surface area (Å²) in [6, 6.07) is 6.09. The Morgan fingerprint density at radius 1 is 1.04 bits per heavy atom. The normalized spacial score (nSPS) is 15.1. The van der Waals surface area contributed by atoms with Crippen molar-refractivity contribution in [2.75, 3.05) is 32.8 Å². The first kappa shape index (κ1) is 22.3. The van der Waals surface area contributed by atoms with Gasteiger partial charge in [0.2, 0.25) is 5.91 Å². The van der Waals surface area contributed by atoms with E-state index in [0.29, 0.717) is 26.2 Å². The predicted molar refractivity (Wildman–Crippen MR) is 113 cm³/mol.